The Hall–Kier alpha value is -2.27. The number of hydrogen-bond acceptors (Lipinski definition) is 4. The number of benzene rings is 1. The highest BCUT2D eigenvalue weighted by Crippen LogP contribution is 2.28. The molecule has 1 aromatic heterocycles. The smallest absolute Gasteiger partial charge is 0.170 e. The molecule has 0 aliphatic heterocycles. The van der Waals surface area contributed by atoms with Crippen LogP contribution < -0.4 is 10.6 Å². The second-order valence-corrected chi connectivity index (χ2v) is 4.31. The lowest BCUT2D eigenvalue weighted by Gasteiger charge is -2.19. The molecule has 98 valence electrons. The van der Waals surface area contributed by atoms with E-state index in [9.17, 15) is 0 Å². The number of anilines is 2. The molecule has 1 heterocycles. The number of oxime groups is 1. The second-order valence-electron chi connectivity index (χ2n) is 3.90. The maximum absolute atomic E-state index is 8.69. The summed E-state index contributed by atoms with van der Waals surface area (Å²) in [7, 11) is 1.85. The lowest BCUT2D eigenvalue weighted by atomic mass is 10.1. The average molecular weight is 277 g/mol. The Labute approximate surface area is 115 Å². The van der Waals surface area contributed by atoms with Gasteiger partial charge < -0.3 is 15.8 Å². The molecule has 0 saturated carbocycles. The van der Waals surface area contributed by atoms with Gasteiger partial charge in [0.15, 0.2) is 11.7 Å². The van der Waals surface area contributed by atoms with Gasteiger partial charge in [-0.15, -0.1) is 0 Å². The molecule has 3 N–H and O–H groups in total. The van der Waals surface area contributed by atoms with Crippen molar-refractivity contribution in [2.24, 2.45) is 10.9 Å². The van der Waals surface area contributed by atoms with E-state index in [1.165, 1.54) is 0 Å². The fourth-order valence-electron chi connectivity index (χ4n) is 1.68. The lowest BCUT2D eigenvalue weighted by molar-refractivity contribution is 0.318. The number of rotatable bonds is 3. The van der Waals surface area contributed by atoms with Crippen molar-refractivity contribution in [3.63, 3.8) is 0 Å². The summed E-state index contributed by atoms with van der Waals surface area (Å²) in [5, 5.41) is 12.2. The van der Waals surface area contributed by atoms with E-state index in [-0.39, 0.29) is 5.84 Å². The van der Waals surface area contributed by atoms with Gasteiger partial charge >= 0.3 is 0 Å². The summed E-state index contributed by atoms with van der Waals surface area (Å²) >= 11 is 6.11. The molecule has 0 fully saturated rings. The SMILES string of the molecule is CN(c1cccc(C(N)=NO)c1)c1ncccc1Cl. The molecule has 2 aromatic rings. The first-order chi connectivity index (χ1) is 9.13. The minimum Gasteiger partial charge on any atom is -0.409 e. The molecule has 1 aromatic carbocycles. The molecule has 2 rings (SSSR count). The number of pyridine rings is 1. The third-order valence-corrected chi connectivity index (χ3v) is 2.99. The van der Waals surface area contributed by atoms with Crippen molar-refractivity contribution in [2.45, 2.75) is 0 Å². The van der Waals surface area contributed by atoms with Gasteiger partial charge in [-0.1, -0.05) is 28.9 Å². The maximum Gasteiger partial charge on any atom is 0.170 e. The van der Waals surface area contributed by atoms with Crippen molar-refractivity contribution in [3.05, 3.63) is 53.2 Å². The fraction of sp³-hybridized carbons (Fsp3) is 0.0769. The highest BCUT2D eigenvalue weighted by molar-refractivity contribution is 6.33. The van der Waals surface area contributed by atoms with Crippen LogP contribution in [0.25, 0.3) is 0 Å². The summed E-state index contributed by atoms with van der Waals surface area (Å²) in [5.74, 6) is 0.697. The van der Waals surface area contributed by atoms with Crippen molar-refractivity contribution in [1.29, 1.82) is 0 Å². The molecule has 0 unspecified atom stereocenters. The van der Waals surface area contributed by atoms with E-state index in [2.05, 4.69) is 10.1 Å². The summed E-state index contributed by atoms with van der Waals surface area (Å²) in [5.41, 5.74) is 7.03. The number of halogens is 1. The molecule has 0 atom stereocenters. The monoisotopic (exact) mass is 276 g/mol. The molecule has 0 bridgehead atoms. The first-order valence-corrected chi connectivity index (χ1v) is 5.93. The van der Waals surface area contributed by atoms with E-state index in [0.29, 0.717) is 16.4 Å². The largest absolute Gasteiger partial charge is 0.409 e. The van der Waals surface area contributed by atoms with Crippen LogP contribution in [0.1, 0.15) is 5.56 Å². The molecular weight excluding hydrogens is 264 g/mol. The van der Waals surface area contributed by atoms with Gasteiger partial charge in [0.2, 0.25) is 0 Å². The zero-order valence-corrected chi connectivity index (χ0v) is 11.0. The Kier molecular flexibility index (Phi) is 3.87. The third kappa shape index (κ3) is 2.77. The van der Waals surface area contributed by atoms with Gasteiger partial charge in [0.25, 0.3) is 0 Å². The fourth-order valence-corrected chi connectivity index (χ4v) is 1.93. The molecule has 0 spiro atoms. The van der Waals surface area contributed by atoms with Gasteiger partial charge in [-0.05, 0) is 24.3 Å². The van der Waals surface area contributed by atoms with Gasteiger partial charge in [0.1, 0.15) is 0 Å². The van der Waals surface area contributed by atoms with Gasteiger partial charge in [0, 0.05) is 24.5 Å². The summed E-state index contributed by atoms with van der Waals surface area (Å²) in [6.07, 6.45) is 1.67. The van der Waals surface area contributed by atoms with Crippen LogP contribution in [0, 0.1) is 0 Å². The Morgan fingerprint density at radius 2 is 2.16 bits per heavy atom. The number of aromatic nitrogens is 1. The van der Waals surface area contributed by atoms with Gasteiger partial charge in [-0.3, -0.25) is 0 Å². The topological polar surface area (TPSA) is 74.7 Å². The van der Waals surface area contributed by atoms with E-state index in [1.807, 2.05) is 24.1 Å². The predicted molar refractivity (Wildman–Crippen MR) is 76.3 cm³/mol. The Morgan fingerprint density at radius 1 is 1.37 bits per heavy atom. The van der Waals surface area contributed by atoms with Crippen molar-refractivity contribution < 1.29 is 5.21 Å². The van der Waals surface area contributed by atoms with E-state index in [0.717, 1.165) is 5.69 Å². The minimum absolute atomic E-state index is 0.0577. The normalized spacial score (nSPS) is 11.4. The van der Waals surface area contributed by atoms with Gasteiger partial charge in [-0.2, -0.15) is 0 Å². The zero-order chi connectivity index (χ0) is 13.8. The molecule has 19 heavy (non-hydrogen) atoms. The van der Waals surface area contributed by atoms with Crippen LogP contribution >= 0.6 is 11.6 Å². The van der Waals surface area contributed by atoms with Gasteiger partial charge in [-0.25, -0.2) is 4.98 Å². The van der Waals surface area contributed by atoms with E-state index in [4.69, 9.17) is 22.5 Å². The van der Waals surface area contributed by atoms with Crippen LogP contribution in [-0.4, -0.2) is 23.1 Å². The number of amidine groups is 1. The number of hydrogen-bond donors (Lipinski definition) is 2. The van der Waals surface area contributed by atoms with Crippen LogP contribution in [-0.2, 0) is 0 Å². The summed E-state index contributed by atoms with van der Waals surface area (Å²) in [6.45, 7) is 0. The molecule has 0 aliphatic carbocycles. The van der Waals surface area contributed by atoms with Gasteiger partial charge in [0.05, 0.1) is 5.02 Å². The Bertz CT molecular complexity index is 615. The summed E-state index contributed by atoms with van der Waals surface area (Å²) in [4.78, 5) is 6.06. The summed E-state index contributed by atoms with van der Waals surface area (Å²) < 4.78 is 0. The standard InChI is InChI=1S/C13H13ClN4O/c1-18(13-11(14)6-3-7-16-13)10-5-2-4-9(8-10)12(15)17-19/h2-8,19H,1H3,(H2,15,17). The molecule has 5 nitrogen and oxygen atoms in total. The predicted octanol–water partition coefficient (Wildman–Crippen LogP) is 2.60. The molecule has 0 radical (unpaired) electrons. The van der Waals surface area contributed by atoms with E-state index < -0.39 is 0 Å². The maximum atomic E-state index is 8.69. The minimum atomic E-state index is 0.0577. The average Bonchev–Trinajstić information content (AvgIpc) is 2.46. The van der Waals surface area contributed by atoms with Crippen molar-refractivity contribution in [3.8, 4) is 0 Å². The van der Waals surface area contributed by atoms with Crippen molar-refractivity contribution in [1.82, 2.24) is 4.98 Å². The lowest BCUT2D eigenvalue weighted by Crippen LogP contribution is -2.15. The zero-order valence-electron chi connectivity index (χ0n) is 10.3. The van der Waals surface area contributed by atoms with Crippen LogP contribution in [0.5, 0.6) is 0 Å². The summed E-state index contributed by atoms with van der Waals surface area (Å²) in [6, 6.07) is 10.8. The van der Waals surface area contributed by atoms with Crippen LogP contribution in [0.15, 0.2) is 47.8 Å². The highest BCUT2D eigenvalue weighted by Gasteiger charge is 2.10. The van der Waals surface area contributed by atoms with E-state index in [1.54, 1.807) is 30.5 Å². The molecule has 6 heteroatoms. The first-order valence-electron chi connectivity index (χ1n) is 5.55. The Balaban J connectivity index is 2.40. The highest BCUT2D eigenvalue weighted by atomic mass is 35.5. The first kappa shape index (κ1) is 13.2. The molecule has 0 aliphatic rings. The second kappa shape index (κ2) is 5.58. The Morgan fingerprint density at radius 3 is 2.84 bits per heavy atom. The molecule has 0 amide bonds. The van der Waals surface area contributed by atoms with Crippen molar-refractivity contribution in [2.75, 3.05) is 11.9 Å². The van der Waals surface area contributed by atoms with Crippen LogP contribution in [0.4, 0.5) is 11.5 Å². The molecule has 0 saturated heterocycles. The number of nitrogens with zero attached hydrogens (tertiary/aromatic N) is 3. The van der Waals surface area contributed by atoms with E-state index >= 15 is 0 Å². The third-order valence-electron chi connectivity index (χ3n) is 2.69. The van der Waals surface area contributed by atoms with Crippen molar-refractivity contribution >= 4 is 28.9 Å². The van der Waals surface area contributed by atoms with Crippen LogP contribution in [0.2, 0.25) is 5.02 Å². The molecular formula is C13H13ClN4O. The quantitative estimate of drug-likeness (QED) is 0.391. The van der Waals surface area contributed by atoms with Crippen LogP contribution in [0.3, 0.4) is 0 Å². The number of nitrogens with two attached hydrogens (primary N) is 1.